The SMILES string of the molecule is Cc1cc(Cl)c(C(=O)CN(CC2CC3(CC3)C2)C(=O)c2cnn([C@H]3CC[C@@H](C(=O)O)CC3)c2C(F)(F)F)c(Cl)c1. The number of halogens is 5. The fraction of sp³-hybridized carbons (Fsp3) is 0.571. The summed E-state index contributed by atoms with van der Waals surface area (Å²) in [5.74, 6) is -2.98. The molecular weight excluding hydrogens is 570 g/mol. The molecule has 1 heterocycles. The van der Waals surface area contributed by atoms with Gasteiger partial charge in [-0.3, -0.25) is 19.1 Å². The molecule has 1 spiro atoms. The highest BCUT2D eigenvalue weighted by Crippen LogP contribution is 2.63. The van der Waals surface area contributed by atoms with Crippen molar-refractivity contribution in [1.29, 1.82) is 0 Å². The van der Waals surface area contributed by atoms with E-state index in [1.807, 2.05) is 0 Å². The lowest BCUT2D eigenvalue weighted by Gasteiger charge is -2.39. The fourth-order valence-electron chi connectivity index (χ4n) is 6.44. The van der Waals surface area contributed by atoms with E-state index < -0.39 is 53.6 Å². The minimum Gasteiger partial charge on any atom is -0.481 e. The number of hydrogen-bond acceptors (Lipinski definition) is 4. The normalized spacial score (nSPS) is 22.1. The van der Waals surface area contributed by atoms with Crippen LogP contribution in [0.4, 0.5) is 13.2 Å². The maximum absolute atomic E-state index is 14.4. The lowest BCUT2D eigenvalue weighted by molar-refractivity contribution is -0.147. The molecule has 0 atom stereocenters. The summed E-state index contributed by atoms with van der Waals surface area (Å²) >= 11 is 12.6. The third-order valence-electron chi connectivity index (χ3n) is 8.65. The molecular formula is C28H30Cl2F3N3O4. The van der Waals surface area contributed by atoms with Crippen LogP contribution in [0.15, 0.2) is 18.3 Å². The van der Waals surface area contributed by atoms with Crippen LogP contribution in [0.25, 0.3) is 0 Å². The van der Waals surface area contributed by atoms with E-state index in [1.165, 1.54) is 4.90 Å². The van der Waals surface area contributed by atoms with Gasteiger partial charge in [0, 0.05) is 6.54 Å². The van der Waals surface area contributed by atoms with Gasteiger partial charge in [0.15, 0.2) is 11.5 Å². The van der Waals surface area contributed by atoms with Crippen molar-refractivity contribution in [2.45, 2.75) is 70.5 Å². The number of benzene rings is 1. The summed E-state index contributed by atoms with van der Waals surface area (Å²) in [6.45, 7) is 1.42. The Morgan fingerprint density at radius 3 is 2.23 bits per heavy atom. The predicted octanol–water partition coefficient (Wildman–Crippen LogP) is 6.85. The van der Waals surface area contributed by atoms with Crippen LogP contribution < -0.4 is 0 Å². The van der Waals surface area contributed by atoms with Crippen LogP contribution in [0.1, 0.15) is 89.4 Å². The third kappa shape index (κ3) is 5.75. The van der Waals surface area contributed by atoms with E-state index in [-0.39, 0.29) is 53.8 Å². The van der Waals surface area contributed by atoms with E-state index in [1.54, 1.807) is 19.1 Å². The number of carbonyl (C=O) groups excluding carboxylic acids is 2. The second-order valence-electron chi connectivity index (χ2n) is 11.7. The summed E-state index contributed by atoms with van der Waals surface area (Å²) in [4.78, 5) is 39.6. The van der Waals surface area contributed by atoms with Gasteiger partial charge in [0.05, 0.1) is 45.9 Å². The first-order valence-corrected chi connectivity index (χ1v) is 14.2. The van der Waals surface area contributed by atoms with Crippen LogP contribution in [0.5, 0.6) is 0 Å². The zero-order valence-corrected chi connectivity index (χ0v) is 23.5. The molecule has 0 radical (unpaired) electrons. The largest absolute Gasteiger partial charge is 0.481 e. The fourth-order valence-corrected chi connectivity index (χ4v) is 7.25. The van der Waals surface area contributed by atoms with Crippen LogP contribution in [-0.2, 0) is 11.0 Å². The van der Waals surface area contributed by atoms with Crippen molar-refractivity contribution in [3.63, 3.8) is 0 Å². The summed E-state index contributed by atoms with van der Waals surface area (Å²) in [6.07, 6.45) is 0.841. The summed E-state index contributed by atoms with van der Waals surface area (Å²) in [7, 11) is 0. The summed E-state index contributed by atoms with van der Waals surface area (Å²) in [6, 6.07) is 2.46. The van der Waals surface area contributed by atoms with Crippen molar-refractivity contribution < 1.29 is 32.7 Å². The van der Waals surface area contributed by atoms with Gasteiger partial charge in [-0.2, -0.15) is 18.3 Å². The zero-order chi connectivity index (χ0) is 29.0. The van der Waals surface area contributed by atoms with Gasteiger partial charge in [0.2, 0.25) is 0 Å². The van der Waals surface area contributed by atoms with Gasteiger partial charge in [-0.25, -0.2) is 0 Å². The Labute approximate surface area is 239 Å². The Morgan fingerprint density at radius 1 is 1.10 bits per heavy atom. The molecule has 0 saturated heterocycles. The van der Waals surface area contributed by atoms with E-state index in [2.05, 4.69) is 5.10 Å². The van der Waals surface area contributed by atoms with Crippen molar-refractivity contribution in [2.75, 3.05) is 13.1 Å². The van der Waals surface area contributed by atoms with Crippen molar-refractivity contribution in [2.24, 2.45) is 17.3 Å². The lowest BCUT2D eigenvalue weighted by Crippen LogP contribution is -2.43. The first-order valence-electron chi connectivity index (χ1n) is 13.4. The Balaban J connectivity index is 1.43. The van der Waals surface area contributed by atoms with Gasteiger partial charge in [0.1, 0.15) is 0 Å². The number of carboxylic acid groups (broad SMARTS) is 1. The number of Topliss-reactive ketones (excluding diaryl/α,β-unsaturated/α-hetero) is 1. The molecule has 1 N–H and O–H groups in total. The summed E-state index contributed by atoms with van der Waals surface area (Å²) in [5, 5.41) is 13.5. The molecule has 0 aliphatic heterocycles. The topological polar surface area (TPSA) is 92.5 Å². The van der Waals surface area contributed by atoms with E-state index in [4.69, 9.17) is 23.2 Å². The average Bonchev–Trinajstić information content (AvgIpc) is 3.50. The Morgan fingerprint density at radius 2 is 1.70 bits per heavy atom. The van der Waals surface area contributed by atoms with Crippen LogP contribution >= 0.6 is 23.2 Å². The quantitative estimate of drug-likeness (QED) is 0.335. The van der Waals surface area contributed by atoms with Crippen LogP contribution in [-0.4, -0.2) is 50.5 Å². The van der Waals surface area contributed by atoms with Gasteiger partial charge in [-0.1, -0.05) is 23.2 Å². The number of aromatic nitrogens is 2. The Bertz CT molecular complexity index is 1320. The molecule has 7 nitrogen and oxygen atoms in total. The van der Waals surface area contributed by atoms with Gasteiger partial charge in [0.25, 0.3) is 5.91 Å². The second kappa shape index (κ2) is 10.7. The zero-order valence-electron chi connectivity index (χ0n) is 21.9. The van der Waals surface area contributed by atoms with E-state index >= 15 is 0 Å². The molecule has 2 aromatic rings. The van der Waals surface area contributed by atoms with Gasteiger partial charge < -0.3 is 10.0 Å². The molecule has 0 bridgehead atoms. The second-order valence-corrected chi connectivity index (χ2v) is 12.5. The first-order chi connectivity index (χ1) is 18.8. The number of aliphatic carboxylic acids is 1. The number of carbonyl (C=O) groups is 3. The lowest BCUT2D eigenvalue weighted by atomic mass is 9.71. The van der Waals surface area contributed by atoms with Crippen LogP contribution in [0.2, 0.25) is 10.0 Å². The minimum absolute atomic E-state index is 0.0286. The monoisotopic (exact) mass is 599 g/mol. The molecule has 1 aromatic heterocycles. The molecule has 3 saturated carbocycles. The van der Waals surface area contributed by atoms with Crippen molar-refractivity contribution in [3.05, 3.63) is 50.8 Å². The molecule has 3 aliphatic carbocycles. The Hall–Kier alpha value is -2.59. The number of amides is 1. The van der Waals surface area contributed by atoms with E-state index in [0.29, 0.717) is 5.41 Å². The highest BCUT2D eigenvalue weighted by atomic mass is 35.5. The number of rotatable bonds is 8. The van der Waals surface area contributed by atoms with Crippen LogP contribution in [0.3, 0.4) is 0 Å². The van der Waals surface area contributed by atoms with Gasteiger partial charge in [-0.15, -0.1) is 0 Å². The van der Waals surface area contributed by atoms with E-state index in [9.17, 15) is 32.7 Å². The number of nitrogens with zero attached hydrogens (tertiary/aromatic N) is 3. The highest BCUT2D eigenvalue weighted by Gasteiger charge is 2.53. The smallest absolute Gasteiger partial charge is 0.433 e. The molecule has 3 fully saturated rings. The number of alkyl halides is 3. The maximum atomic E-state index is 14.4. The van der Waals surface area contributed by atoms with Crippen molar-refractivity contribution >= 4 is 40.9 Å². The van der Waals surface area contributed by atoms with Gasteiger partial charge >= 0.3 is 12.1 Å². The van der Waals surface area contributed by atoms with Gasteiger partial charge in [-0.05, 0) is 87.3 Å². The highest BCUT2D eigenvalue weighted by molar-refractivity contribution is 6.40. The predicted molar refractivity (Wildman–Crippen MR) is 142 cm³/mol. The van der Waals surface area contributed by atoms with Crippen molar-refractivity contribution in [1.82, 2.24) is 14.7 Å². The van der Waals surface area contributed by atoms with Crippen LogP contribution in [0, 0.1) is 24.2 Å². The average molecular weight is 600 g/mol. The summed E-state index contributed by atoms with van der Waals surface area (Å²) < 4.78 is 44.1. The minimum atomic E-state index is -4.89. The Kier molecular flexibility index (Phi) is 7.72. The maximum Gasteiger partial charge on any atom is 0.433 e. The third-order valence-corrected chi connectivity index (χ3v) is 9.25. The number of ketones is 1. The molecule has 40 heavy (non-hydrogen) atoms. The molecule has 216 valence electrons. The molecule has 12 heteroatoms. The standard InChI is InChI=1S/C28H30Cl2F3N3O4/c1-15-8-20(29)23(21(30)9-15)22(37)14-35(13-16-10-27(11-16)6-7-27)25(38)19-12-34-36(24(19)28(31,32)33)18-4-2-17(3-5-18)26(39)40/h8-9,12,16-18H,2-7,10-11,13-14H2,1H3,(H,39,40)/t17-,18+. The molecule has 1 amide bonds. The molecule has 1 aromatic carbocycles. The molecule has 5 rings (SSSR count). The van der Waals surface area contributed by atoms with E-state index in [0.717, 1.165) is 42.1 Å². The number of carboxylic acids is 1. The number of aryl methyl sites for hydroxylation is 1. The number of hydrogen-bond donors (Lipinski definition) is 1. The first kappa shape index (κ1) is 28.9. The van der Waals surface area contributed by atoms with Crippen molar-refractivity contribution in [3.8, 4) is 0 Å². The molecule has 3 aliphatic rings. The summed E-state index contributed by atoms with van der Waals surface area (Å²) in [5.41, 5.74) is -0.733. The molecule has 0 unspecified atom stereocenters.